The Labute approximate surface area is 212 Å². The van der Waals surface area contributed by atoms with E-state index in [1.165, 1.54) is 17.8 Å². The molecule has 0 radical (unpaired) electrons. The number of hydrogen-bond donors (Lipinski definition) is 0. The maximum Gasteiger partial charge on any atom is 0.311 e. The van der Waals surface area contributed by atoms with Crippen LogP contribution in [0.2, 0.25) is 0 Å². The summed E-state index contributed by atoms with van der Waals surface area (Å²) in [5.41, 5.74) is 2.44. The van der Waals surface area contributed by atoms with Crippen LogP contribution in [0.4, 0.5) is 5.69 Å². The molecule has 8 nitrogen and oxygen atoms in total. The van der Waals surface area contributed by atoms with Crippen molar-refractivity contribution >= 4 is 46.0 Å². The first-order valence-corrected chi connectivity index (χ1v) is 12.5. The Bertz CT molecular complexity index is 1300. The van der Waals surface area contributed by atoms with Gasteiger partial charge in [-0.2, -0.15) is 5.10 Å². The molecule has 1 saturated heterocycles. The fraction of sp³-hybridized carbons (Fsp3) is 0.240. The number of thioether (sulfide) groups is 1. The molecule has 0 bridgehead atoms. The molecule has 2 aromatic carbocycles. The summed E-state index contributed by atoms with van der Waals surface area (Å²) in [5, 5.41) is 16.3. The van der Waals surface area contributed by atoms with Crippen molar-refractivity contribution in [3.63, 3.8) is 0 Å². The highest BCUT2D eigenvalue weighted by atomic mass is 32.2. The first kappa shape index (κ1) is 24.6. The van der Waals surface area contributed by atoms with Crippen molar-refractivity contribution in [1.82, 2.24) is 14.7 Å². The van der Waals surface area contributed by atoms with E-state index < -0.39 is 4.92 Å². The second-order valence-electron chi connectivity index (χ2n) is 7.76. The summed E-state index contributed by atoms with van der Waals surface area (Å²) in [5.74, 6) is 0.0900. The summed E-state index contributed by atoms with van der Waals surface area (Å²) in [6.45, 7) is 4.76. The number of benzene rings is 2. The average molecular weight is 509 g/mol. The van der Waals surface area contributed by atoms with Crippen molar-refractivity contribution in [2.75, 3.05) is 13.2 Å². The lowest BCUT2D eigenvalue weighted by Crippen LogP contribution is -2.28. The molecule has 35 heavy (non-hydrogen) atoms. The van der Waals surface area contributed by atoms with Crippen molar-refractivity contribution in [2.24, 2.45) is 0 Å². The molecule has 1 aromatic heterocycles. The van der Waals surface area contributed by atoms with Gasteiger partial charge in [0.15, 0.2) is 5.75 Å². The Hall–Kier alpha value is -3.50. The minimum Gasteiger partial charge on any atom is -0.487 e. The Balaban J connectivity index is 1.78. The molecule has 0 atom stereocenters. The number of hydrogen-bond acceptors (Lipinski definition) is 7. The Morgan fingerprint density at radius 3 is 2.63 bits per heavy atom. The lowest BCUT2D eigenvalue weighted by atomic mass is 10.1. The molecule has 1 aliphatic rings. The van der Waals surface area contributed by atoms with Gasteiger partial charge in [-0.3, -0.25) is 19.8 Å². The number of amides is 1. The zero-order chi connectivity index (χ0) is 24.9. The summed E-state index contributed by atoms with van der Waals surface area (Å²) in [4.78, 5) is 26.3. The van der Waals surface area contributed by atoms with E-state index in [1.807, 2.05) is 36.4 Å². The number of carbonyl (C=O) groups excluding carboxylic acids is 1. The van der Waals surface area contributed by atoms with Crippen molar-refractivity contribution in [3.8, 4) is 22.7 Å². The summed E-state index contributed by atoms with van der Waals surface area (Å²) in [6, 6.07) is 16.1. The van der Waals surface area contributed by atoms with Crippen molar-refractivity contribution in [3.05, 3.63) is 75.3 Å². The van der Waals surface area contributed by atoms with Crippen LogP contribution in [-0.2, 0) is 4.79 Å². The lowest BCUT2D eigenvalue weighted by Gasteiger charge is -2.13. The van der Waals surface area contributed by atoms with Gasteiger partial charge in [-0.25, -0.2) is 4.68 Å². The molecular formula is C25H24N4O4S2. The molecule has 0 spiro atoms. The van der Waals surface area contributed by atoms with Gasteiger partial charge in [0, 0.05) is 18.2 Å². The lowest BCUT2D eigenvalue weighted by molar-refractivity contribution is -0.385. The number of carbonyl (C=O) groups is 1. The molecule has 0 saturated carbocycles. The summed E-state index contributed by atoms with van der Waals surface area (Å²) < 4.78 is 7.66. The molecule has 0 aliphatic carbocycles. The van der Waals surface area contributed by atoms with Gasteiger partial charge in [0.25, 0.3) is 5.91 Å². The van der Waals surface area contributed by atoms with Crippen LogP contribution in [0.25, 0.3) is 23.0 Å². The van der Waals surface area contributed by atoms with E-state index in [1.54, 1.807) is 34.7 Å². The van der Waals surface area contributed by atoms with Gasteiger partial charge in [0.2, 0.25) is 0 Å². The average Bonchev–Trinajstić information content (AvgIpc) is 3.39. The van der Waals surface area contributed by atoms with Crippen LogP contribution in [0.15, 0.2) is 59.5 Å². The van der Waals surface area contributed by atoms with E-state index in [2.05, 4.69) is 6.92 Å². The van der Waals surface area contributed by atoms with Crippen LogP contribution >= 0.6 is 24.0 Å². The third-order valence-electron chi connectivity index (χ3n) is 5.38. The number of ether oxygens (including phenoxy) is 1. The largest absolute Gasteiger partial charge is 0.487 e. The number of rotatable bonds is 9. The van der Waals surface area contributed by atoms with Crippen LogP contribution in [0.5, 0.6) is 5.75 Å². The van der Waals surface area contributed by atoms with Crippen LogP contribution in [0.1, 0.15) is 32.4 Å². The molecule has 1 amide bonds. The second kappa shape index (κ2) is 10.8. The van der Waals surface area contributed by atoms with Crippen molar-refractivity contribution in [1.29, 1.82) is 0 Å². The van der Waals surface area contributed by atoms with Crippen LogP contribution in [0.3, 0.4) is 0 Å². The number of aromatic nitrogens is 2. The third kappa shape index (κ3) is 5.28. The summed E-state index contributed by atoms with van der Waals surface area (Å²) in [7, 11) is 0. The van der Waals surface area contributed by atoms with E-state index in [4.69, 9.17) is 22.1 Å². The zero-order valence-electron chi connectivity index (χ0n) is 19.3. The van der Waals surface area contributed by atoms with Gasteiger partial charge in [-0.15, -0.1) is 0 Å². The smallest absolute Gasteiger partial charge is 0.311 e. The monoisotopic (exact) mass is 508 g/mol. The van der Waals surface area contributed by atoms with Gasteiger partial charge < -0.3 is 4.74 Å². The minimum atomic E-state index is -0.467. The Morgan fingerprint density at radius 1 is 1.17 bits per heavy atom. The highest BCUT2D eigenvalue weighted by Crippen LogP contribution is 2.35. The Morgan fingerprint density at radius 2 is 1.94 bits per heavy atom. The second-order valence-corrected chi connectivity index (χ2v) is 9.44. The third-order valence-corrected chi connectivity index (χ3v) is 6.75. The van der Waals surface area contributed by atoms with E-state index in [9.17, 15) is 14.9 Å². The van der Waals surface area contributed by atoms with E-state index in [-0.39, 0.29) is 17.3 Å². The number of unbranched alkanes of at least 4 members (excludes halogenated alkanes) is 1. The molecular weight excluding hydrogens is 484 g/mol. The highest BCUT2D eigenvalue weighted by molar-refractivity contribution is 8.26. The van der Waals surface area contributed by atoms with Gasteiger partial charge in [-0.1, -0.05) is 55.5 Å². The molecule has 3 aromatic rings. The fourth-order valence-corrected chi connectivity index (χ4v) is 4.95. The molecule has 2 heterocycles. The fourth-order valence-electron chi connectivity index (χ4n) is 3.66. The predicted molar refractivity (Wildman–Crippen MR) is 142 cm³/mol. The highest BCUT2D eigenvalue weighted by Gasteiger charge is 2.32. The number of para-hydroxylation sites is 1. The summed E-state index contributed by atoms with van der Waals surface area (Å²) in [6.07, 6.45) is 3.62. The van der Waals surface area contributed by atoms with Gasteiger partial charge >= 0.3 is 5.69 Å². The minimum absolute atomic E-state index is 0.118. The first-order chi connectivity index (χ1) is 16.9. The molecule has 0 N–H and O–H groups in total. The normalized spacial score (nSPS) is 14.7. The molecule has 180 valence electrons. The maximum absolute atomic E-state index is 13.0. The van der Waals surface area contributed by atoms with Crippen molar-refractivity contribution in [2.45, 2.75) is 26.7 Å². The maximum atomic E-state index is 13.0. The van der Waals surface area contributed by atoms with E-state index in [0.717, 1.165) is 18.5 Å². The molecule has 1 fully saturated rings. The number of nitro benzene ring substituents is 1. The number of nitro groups is 1. The predicted octanol–water partition coefficient (Wildman–Crippen LogP) is 5.85. The Kier molecular flexibility index (Phi) is 7.62. The standard InChI is InChI=1S/C25H24N4O4S2/c1-3-5-13-27-24(30)23(35-25(27)34)16-19-15-20(26-28(19)18-9-7-6-8-10-18)17-11-12-22(33-4-2)21(14-17)29(31)32/h6-12,14-16H,3-5,13H2,1-2H3/b23-16+. The van der Waals surface area contributed by atoms with Gasteiger partial charge in [-0.05, 0) is 49.8 Å². The molecule has 4 rings (SSSR count). The van der Waals surface area contributed by atoms with Crippen LogP contribution in [0, 0.1) is 10.1 Å². The van der Waals surface area contributed by atoms with Crippen LogP contribution < -0.4 is 4.74 Å². The number of nitrogens with zero attached hydrogens (tertiary/aromatic N) is 4. The quantitative estimate of drug-likeness (QED) is 0.155. The molecule has 10 heteroatoms. The molecule has 0 unspecified atom stereocenters. The zero-order valence-corrected chi connectivity index (χ0v) is 21.0. The van der Waals surface area contributed by atoms with Gasteiger partial charge in [0.1, 0.15) is 4.32 Å². The van der Waals surface area contributed by atoms with Crippen LogP contribution in [-0.4, -0.2) is 43.0 Å². The first-order valence-electron chi connectivity index (χ1n) is 11.2. The van der Waals surface area contributed by atoms with Gasteiger partial charge in [0.05, 0.1) is 33.5 Å². The van der Waals surface area contributed by atoms with Crippen molar-refractivity contribution < 1.29 is 14.5 Å². The SMILES string of the molecule is CCCCN1C(=O)/C(=C\c2cc(-c3ccc(OCC)c([N+](=O)[O-])c3)nn2-c2ccccc2)SC1=S. The van der Waals surface area contributed by atoms with E-state index in [0.29, 0.717) is 39.3 Å². The topological polar surface area (TPSA) is 90.5 Å². The molecule has 1 aliphatic heterocycles. The van der Waals surface area contributed by atoms with E-state index >= 15 is 0 Å². The summed E-state index contributed by atoms with van der Waals surface area (Å²) >= 11 is 6.71. The number of thiocarbonyl (C=S) groups is 1.